The van der Waals surface area contributed by atoms with Crippen molar-refractivity contribution in [2.24, 2.45) is 5.73 Å². The van der Waals surface area contributed by atoms with Crippen molar-refractivity contribution >= 4 is 34.2 Å². The molecule has 0 aliphatic carbocycles. The Labute approximate surface area is 122 Å². The fourth-order valence-electron chi connectivity index (χ4n) is 1.65. The maximum absolute atomic E-state index is 13.1. The third-order valence-corrected chi connectivity index (χ3v) is 4.12. The molecule has 1 unspecified atom stereocenters. The van der Waals surface area contributed by atoms with Gasteiger partial charge in [-0.3, -0.25) is 0 Å². The summed E-state index contributed by atoms with van der Waals surface area (Å²) in [5.74, 6) is -1.28. The van der Waals surface area contributed by atoms with Crippen LogP contribution in [0.4, 0.5) is 8.78 Å². The molecule has 18 heavy (non-hydrogen) atoms. The van der Waals surface area contributed by atoms with Crippen LogP contribution >= 0.6 is 34.2 Å². The van der Waals surface area contributed by atoms with Crippen molar-refractivity contribution in [1.29, 1.82) is 0 Å². The topological polar surface area (TPSA) is 26.0 Å². The largest absolute Gasteiger partial charge is 0.320 e. The Kier molecular flexibility index (Phi) is 4.19. The maximum Gasteiger partial charge on any atom is 0.126 e. The summed E-state index contributed by atoms with van der Waals surface area (Å²) in [6.07, 6.45) is 0. The predicted octanol–water partition coefficient (Wildman–Crippen LogP) is 4.27. The zero-order chi connectivity index (χ0) is 13.3. The molecule has 0 saturated heterocycles. The summed E-state index contributed by atoms with van der Waals surface area (Å²) >= 11 is 8.09. The number of halogens is 4. The molecule has 2 aromatic rings. The van der Waals surface area contributed by atoms with Crippen molar-refractivity contribution < 1.29 is 8.78 Å². The first-order valence-corrected chi connectivity index (χ1v) is 6.59. The molecule has 0 amide bonds. The summed E-state index contributed by atoms with van der Waals surface area (Å²) in [7, 11) is 0. The van der Waals surface area contributed by atoms with Crippen LogP contribution in [0.1, 0.15) is 17.2 Å². The maximum atomic E-state index is 13.1. The summed E-state index contributed by atoms with van der Waals surface area (Å²) in [4.78, 5) is 0. The summed E-state index contributed by atoms with van der Waals surface area (Å²) in [6.45, 7) is 0. The highest BCUT2D eigenvalue weighted by molar-refractivity contribution is 14.1. The lowest BCUT2D eigenvalue weighted by atomic mass is 9.99. The summed E-state index contributed by atoms with van der Waals surface area (Å²) in [6, 6.07) is 7.96. The molecule has 2 rings (SSSR count). The fourth-order valence-corrected chi connectivity index (χ4v) is 2.18. The van der Waals surface area contributed by atoms with Gasteiger partial charge in [0.05, 0.1) is 11.1 Å². The molecule has 0 aliphatic heterocycles. The van der Waals surface area contributed by atoms with Gasteiger partial charge in [-0.2, -0.15) is 0 Å². The minimum Gasteiger partial charge on any atom is -0.320 e. The lowest BCUT2D eigenvalue weighted by molar-refractivity contribution is 0.577. The normalized spacial score (nSPS) is 12.5. The highest BCUT2D eigenvalue weighted by Crippen LogP contribution is 2.26. The van der Waals surface area contributed by atoms with Gasteiger partial charge in [0.25, 0.3) is 0 Å². The zero-order valence-corrected chi connectivity index (χ0v) is 12.0. The molecule has 0 fully saturated rings. The summed E-state index contributed by atoms with van der Waals surface area (Å²) < 4.78 is 27.1. The van der Waals surface area contributed by atoms with Gasteiger partial charge in [0.1, 0.15) is 11.6 Å². The van der Waals surface area contributed by atoms with E-state index < -0.39 is 17.7 Å². The van der Waals surface area contributed by atoms with Crippen LogP contribution in [0.5, 0.6) is 0 Å². The molecular formula is C13H9ClF2IN. The van der Waals surface area contributed by atoms with Crippen LogP contribution in [0, 0.1) is 15.2 Å². The molecule has 0 radical (unpaired) electrons. The average molecular weight is 380 g/mol. The molecule has 0 aliphatic rings. The van der Waals surface area contributed by atoms with Gasteiger partial charge in [0.2, 0.25) is 0 Å². The highest BCUT2D eigenvalue weighted by atomic mass is 127. The predicted molar refractivity (Wildman–Crippen MR) is 76.6 cm³/mol. The van der Waals surface area contributed by atoms with Gasteiger partial charge in [-0.25, -0.2) is 8.78 Å². The molecule has 0 spiro atoms. The van der Waals surface area contributed by atoms with Crippen LogP contribution in [0.2, 0.25) is 5.02 Å². The van der Waals surface area contributed by atoms with Gasteiger partial charge in [0.15, 0.2) is 0 Å². The summed E-state index contributed by atoms with van der Waals surface area (Å²) in [5, 5.41) is 0.570. The standard InChI is InChI=1S/C13H9ClF2IN/c14-11-5-7(1-2-12(11)17)13(18)8-3-9(15)6-10(16)4-8/h1-6,13H,18H2. The van der Waals surface area contributed by atoms with Crippen molar-refractivity contribution in [3.63, 3.8) is 0 Å². The SMILES string of the molecule is NC(c1cc(F)cc(F)c1)c1ccc(I)c(Cl)c1. The smallest absolute Gasteiger partial charge is 0.126 e. The third-order valence-electron chi connectivity index (χ3n) is 2.55. The van der Waals surface area contributed by atoms with Crippen molar-refractivity contribution in [2.75, 3.05) is 0 Å². The van der Waals surface area contributed by atoms with Gasteiger partial charge in [-0.15, -0.1) is 0 Å². The van der Waals surface area contributed by atoms with Crippen molar-refractivity contribution in [3.8, 4) is 0 Å². The minimum atomic E-state index is -0.642. The fraction of sp³-hybridized carbons (Fsp3) is 0.0769. The van der Waals surface area contributed by atoms with Crippen LogP contribution in [-0.2, 0) is 0 Å². The number of nitrogens with two attached hydrogens (primary N) is 1. The third kappa shape index (κ3) is 2.99. The Hall–Kier alpha value is -0.720. The molecule has 1 nitrogen and oxygen atoms in total. The quantitative estimate of drug-likeness (QED) is 0.775. The van der Waals surface area contributed by atoms with Crippen LogP contribution in [0.15, 0.2) is 36.4 Å². The first kappa shape index (κ1) is 13.7. The van der Waals surface area contributed by atoms with Crippen LogP contribution in [0.25, 0.3) is 0 Å². The lowest BCUT2D eigenvalue weighted by Gasteiger charge is -2.13. The monoisotopic (exact) mass is 379 g/mol. The van der Waals surface area contributed by atoms with E-state index in [0.29, 0.717) is 16.1 Å². The molecule has 0 aromatic heterocycles. The Balaban J connectivity index is 2.40. The van der Waals surface area contributed by atoms with E-state index in [1.165, 1.54) is 12.1 Å². The van der Waals surface area contributed by atoms with E-state index in [9.17, 15) is 8.78 Å². The summed E-state index contributed by atoms with van der Waals surface area (Å²) in [5.41, 5.74) is 7.07. The lowest BCUT2D eigenvalue weighted by Crippen LogP contribution is -2.12. The molecule has 5 heteroatoms. The van der Waals surface area contributed by atoms with Crippen LogP contribution in [-0.4, -0.2) is 0 Å². The van der Waals surface area contributed by atoms with E-state index in [0.717, 1.165) is 9.64 Å². The highest BCUT2D eigenvalue weighted by Gasteiger charge is 2.12. The van der Waals surface area contributed by atoms with Crippen LogP contribution in [0.3, 0.4) is 0 Å². The number of hydrogen-bond acceptors (Lipinski definition) is 1. The number of rotatable bonds is 2. The van der Waals surface area contributed by atoms with Crippen molar-refractivity contribution in [3.05, 3.63) is 67.8 Å². The van der Waals surface area contributed by atoms with Crippen molar-refractivity contribution in [1.82, 2.24) is 0 Å². The number of hydrogen-bond donors (Lipinski definition) is 1. The van der Waals surface area contributed by atoms with Gasteiger partial charge in [0, 0.05) is 9.64 Å². The van der Waals surface area contributed by atoms with E-state index in [2.05, 4.69) is 22.6 Å². The Bertz CT molecular complexity index is 569. The Morgan fingerprint density at radius 2 is 1.61 bits per heavy atom. The van der Waals surface area contributed by atoms with Gasteiger partial charge < -0.3 is 5.73 Å². The molecule has 0 bridgehead atoms. The molecular weight excluding hydrogens is 371 g/mol. The Morgan fingerprint density at radius 3 is 2.17 bits per heavy atom. The van der Waals surface area contributed by atoms with Gasteiger partial charge in [-0.1, -0.05) is 17.7 Å². The first-order chi connectivity index (χ1) is 8.47. The molecule has 2 N–H and O–H groups in total. The minimum absolute atomic E-state index is 0.379. The van der Waals surface area contributed by atoms with E-state index in [1.807, 2.05) is 6.07 Å². The van der Waals surface area contributed by atoms with Crippen molar-refractivity contribution in [2.45, 2.75) is 6.04 Å². The number of benzene rings is 2. The first-order valence-electron chi connectivity index (χ1n) is 5.14. The second-order valence-electron chi connectivity index (χ2n) is 3.85. The van der Waals surface area contributed by atoms with E-state index >= 15 is 0 Å². The van der Waals surface area contributed by atoms with E-state index in [-0.39, 0.29) is 0 Å². The molecule has 94 valence electrons. The van der Waals surface area contributed by atoms with E-state index in [4.69, 9.17) is 17.3 Å². The molecule has 2 aromatic carbocycles. The second-order valence-corrected chi connectivity index (χ2v) is 5.42. The molecule has 1 atom stereocenters. The van der Waals surface area contributed by atoms with Gasteiger partial charge >= 0.3 is 0 Å². The average Bonchev–Trinajstić information content (AvgIpc) is 2.30. The van der Waals surface area contributed by atoms with Crippen LogP contribution < -0.4 is 5.73 Å². The van der Waals surface area contributed by atoms with E-state index in [1.54, 1.807) is 12.1 Å². The second kappa shape index (κ2) is 5.50. The molecule has 0 saturated carbocycles. The van der Waals surface area contributed by atoms with Gasteiger partial charge in [-0.05, 0) is 58.0 Å². The zero-order valence-electron chi connectivity index (χ0n) is 9.13. The molecule has 0 heterocycles. The Morgan fingerprint density at radius 1 is 1.00 bits per heavy atom.